The average molecular weight is 218 g/mol. The lowest BCUT2D eigenvalue weighted by Crippen LogP contribution is -2.00. The smallest absolute Gasteiger partial charge is 0.364 e. The molecule has 1 rings (SSSR count). The number of hydrogen-bond acceptors (Lipinski definition) is 5. The van der Waals surface area contributed by atoms with Crippen LogP contribution in [0.4, 0.5) is 14.6 Å². The largest absolute Gasteiger partial charge is 0.503 e. The van der Waals surface area contributed by atoms with Gasteiger partial charge in [-0.05, 0) is 9.91 Å². The third-order valence-corrected chi connectivity index (χ3v) is 1.57. The van der Waals surface area contributed by atoms with E-state index < -0.39 is 34.2 Å². The van der Waals surface area contributed by atoms with Gasteiger partial charge in [0.05, 0.1) is 5.56 Å². The number of aromatic nitrogens is 1. The predicted molar refractivity (Wildman–Crippen MR) is 42.9 cm³/mol. The summed E-state index contributed by atoms with van der Waals surface area (Å²) in [6.45, 7) is 0. The van der Waals surface area contributed by atoms with E-state index in [0.717, 1.165) is 0 Å². The summed E-state index contributed by atoms with van der Waals surface area (Å²) < 4.78 is 24.5. The number of aldehydes is 1. The molecule has 15 heavy (non-hydrogen) atoms. The molecule has 0 amide bonds. The molecule has 0 aliphatic heterocycles. The Kier molecular flexibility index (Phi) is 2.88. The second-order valence-corrected chi connectivity index (χ2v) is 2.48. The van der Waals surface area contributed by atoms with Gasteiger partial charge in [-0.3, -0.25) is 4.79 Å². The lowest BCUT2D eigenvalue weighted by molar-refractivity contribution is -0.389. The minimum absolute atomic E-state index is 0.0335. The number of halogens is 2. The zero-order valence-electron chi connectivity index (χ0n) is 7.05. The molecule has 0 bridgehead atoms. The predicted octanol–water partition coefficient (Wildman–Crippen LogP) is 1.45. The van der Waals surface area contributed by atoms with E-state index in [-0.39, 0.29) is 6.29 Å². The molecular weight excluding hydrogens is 214 g/mol. The van der Waals surface area contributed by atoms with Gasteiger partial charge in [0.1, 0.15) is 0 Å². The second kappa shape index (κ2) is 3.95. The fourth-order valence-corrected chi connectivity index (χ4v) is 0.906. The lowest BCUT2D eigenvalue weighted by atomic mass is 10.2. The number of carbonyl (C=O) groups is 1. The zero-order chi connectivity index (χ0) is 11.6. The Morgan fingerprint density at radius 1 is 1.60 bits per heavy atom. The Hall–Kier alpha value is -2.12. The molecule has 0 spiro atoms. The molecule has 1 aromatic heterocycles. The standard InChI is InChI=1S/C7H4F2N2O4/c8-7(9)3-1-5(11(14)15)10-4(2-12)6(3)13/h1-2,7,13H. The van der Waals surface area contributed by atoms with Crippen LogP contribution in [0.5, 0.6) is 5.75 Å². The first-order valence-corrected chi connectivity index (χ1v) is 3.59. The van der Waals surface area contributed by atoms with Crippen LogP contribution in [0.15, 0.2) is 6.07 Å². The SMILES string of the molecule is O=Cc1nc([N+](=O)[O-])cc(C(F)F)c1O. The van der Waals surface area contributed by atoms with Gasteiger partial charge in [0.15, 0.2) is 12.0 Å². The summed E-state index contributed by atoms with van der Waals surface area (Å²) in [6.07, 6.45) is -3.15. The van der Waals surface area contributed by atoms with Gasteiger partial charge in [-0.2, -0.15) is 0 Å². The topological polar surface area (TPSA) is 93.3 Å². The second-order valence-electron chi connectivity index (χ2n) is 2.48. The monoisotopic (exact) mass is 218 g/mol. The lowest BCUT2D eigenvalue weighted by Gasteiger charge is -2.02. The summed E-state index contributed by atoms with van der Waals surface area (Å²) in [5.74, 6) is -1.95. The minimum atomic E-state index is -3.12. The van der Waals surface area contributed by atoms with Crippen molar-refractivity contribution in [2.75, 3.05) is 0 Å². The van der Waals surface area contributed by atoms with Crippen molar-refractivity contribution in [1.82, 2.24) is 4.98 Å². The number of carbonyl (C=O) groups excluding carboxylic acids is 1. The van der Waals surface area contributed by atoms with E-state index >= 15 is 0 Å². The Labute approximate surface area is 81.3 Å². The molecule has 0 radical (unpaired) electrons. The van der Waals surface area contributed by atoms with Gasteiger partial charge in [0.2, 0.25) is 0 Å². The Morgan fingerprint density at radius 2 is 2.20 bits per heavy atom. The number of aromatic hydroxyl groups is 1. The normalized spacial score (nSPS) is 10.3. The summed E-state index contributed by atoms with van der Waals surface area (Å²) >= 11 is 0. The zero-order valence-corrected chi connectivity index (χ0v) is 7.05. The van der Waals surface area contributed by atoms with Crippen LogP contribution >= 0.6 is 0 Å². The molecule has 0 fully saturated rings. The van der Waals surface area contributed by atoms with E-state index in [0.29, 0.717) is 6.07 Å². The number of nitro groups is 1. The number of hydrogen-bond donors (Lipinski definition) is 1. The Bertz CT molecular complexity index is 422. The fraction of sp³-hybridized carbons (Fsp3) is 0.143. The molecule has 8 heteroatoms. The molecule has 0 atom stereocenters. The van der Waals surface area contributed by atoms with Crippen molar-refractivity contribution < 1.29 is 23.6 Å². The van der Waals surface area contributed by atoms with Crippen molar-refractivity contribution in [3.63, 3.8) is 0 Å². The van der Waals surface area contributed by atoms with E-state index in [1.54, 1.807) is 0 Å². The van der Waals surface area contributed by atoms with E-state index in [9.17, 15) is 23.7 Å². The van der Waals surface area contributed by atoms with E-state index in [1.165, 1.54) is 0 Å². The Balaban J connectivity index is 3.45. The molecule has 0 aliphatic rings. The van der Waals surface area contributed by atoms with Gasteiger partial charge in [0.25, 0.3) is 12.1 Å². The summed E-state index contributed by atoms with van der Waals surface area (Å²) in [5.41, 5.74) is -1.77. The van der Waals surface area contributed by atoms with Gasteiger partial charge in [0, 0.05) is 6.07 Å². The van der Waals surface area contributed by atoms with E-state index in [2.05, 4.69) is 4.98 Å². The first kappa shape index (κ1) is 11.0. The maximum atomic E-state index is 12.3. The maximum absolute atomic E-state index is 12.3. The fourth-order valence-electron chi connectivity index (χ4n) is 0.906. The molecule has 1 aromatic rings. The van der Waals surface area contributed by atoms with Crippen molar-refractivity contribution in [3.8, 4) is 5.75 Å². The molecule has 0 aliphatic carbocycles. The summed E-state index contributed by atoms with van der Waals surface area (Å²) in [7, 11) is 0. The molecule has 6 nitrogen and oxygen atoms in total. The number of pyridine rings is 1. The summed E-state index contributed by atoms with van der Waals surface area (Å²) in [5, 5.41) is 19.3. The van der Waals surface area contributed by atoms with Gasteiger partial charge in [-0.1, -0.05) is 0 Å². The maximum Gasteiger partial charge on any atom is 0.364 e. The van der Waals surface area contributed by atoms with Crippen molar-refractivity contribution >= 4 is 12.1 Å². The third kappa shape index (κ3) is 2.03. The van der Waals surface area contributed by atoms with E-state index in [1.807, 2.05) is 0 Å². The van der Waals surface area contributed by atoms with Crippen molar-refractivity contribution in [1.29, 1.82) is 0 Å². The van der Waals surface area contributed by atoms with Crippen LogP contribution in [0.2, 0.25) is 0 Å². The third-order valence-electron chi connectivity index (χ3n) is 1.57. The molecule has 0 unspecified atom stereocenters. The highest BCUT2D eigenvalue weighted by Gasteiger charge is 2.24. The molecular formula is C7H4F2N2O4. The van der Waals surface area contributed by atoms with Crippen LogP contribution in [-0.4, -0.2) is 21.3 Å². The highest BCUT2D eigenvalue weighted by Crippen LogP contribution is 2.32. The highest BCUT2D eigenvalue weighted by atomic mass is 19.3. The first-order valence-electron chi connectivity index (χ1n) is 3.59. The van der Waals surface area contributed by atoms with Crippen LogP contribution in [0, 0.1) is 10.1 Å². The van der Waals surface area contributed by atoms with Crippen LogP contribution in [0.1, 0.15) is 22.5 Å². The number of rotatable bonds is 3. The van der Waals surface area contributed by atoms with Gasteiger partial charge in [-0.25, -0.2) is 8.78 Å². The van der Waals surface area contributed by atoms with Gasteiger partial charge < -0.3 is 15.2 Å². The summed E-state index contributed by atoms with van der Waals surface area (Å²) in [4.78, 5) is 22.6. The van der Waals surface area contributed by atoms with Gasteiger partial charge >= 0.3 is 5.82 Å². The first-order chi connectivity index (χ1) is 6.97. The van der Waals surface area contributed by atoms with Crippen molar-refractivity contribution in [2.24, 2.45) is 0 Å². The molecule has 0 saturated carbocycles. The van der Waals surface area contributed by atoms with Crippen molar-refractivity contribution in [3.05, 3.63) is 27.4 Å². The molecule has 1 N–H and O–H groups in total. The molecule has 80 valence electrons. The van der Waals surface area contributed by atoms with E-state index in [4.69, 9.17) is 5.11 Å². The molecule has 0 saturated heterocycles. The van der Waals surface area contributed by atoms with Crippen LogP contribution in [-0.2, 0) is 0 Å². The highest BCUT2D eigenvalue weighted by molar-refractivity contribution is 5.77. The average Bonchev–Trinajstić information content (AvgIpc) is 2.17. The molecule has 1 heterocycles. The van der Waals surface area contributed by atoms with Gasteiger partial charge in [-0.15, -0.1) is 0 Å². The number of nitrogens with zero attached hydrogens (tertiary/aromatic N) is 2. The minimum Gasteiger partial charge on any atom is -0.503 e. The summed E-state index contributed by atoms with van der Waals surface area (Å²) in [6, 6.07) is 0.424. The van der Waals surface area contributed by atoms with Crippen LogP contribution < -0.4 is 0 Å². The van der Waals surface area contributed by atoms with Crippen LogP contribution in [0.3, 0.4) is 0 Å². The van der Waals surface area contributed by atoms with Crippen LogP contribution in [0.25, 0.3) is 0 Å². The Morgan fingerprint density at radius 3 is 2.60 bits per heavy atom. The van der Waals surface area contributed by atoms with Crippen molar-refractivity contribution in [2.45, 2.75) is 6.43 Å². The molecule has 0 aromatic carbocycles. The number of alkyl halides is 2. The quantitative estimate of drug-likeness (QED) is 0.470.